The van der Waals surface area contributed by atoms with Crippen molar-refractivity contribution in [1.82, 2.24) is 5.32 Å². The standard InChI is InChI=1S/C23H23I2NO5/c1-2-3-7-19-21(15-6-4-5-8-18(15)31-19)22(29)14-11-16(24)23(17(25)12-14)30-10-9-26-13-20(27)28/h4-6,8,11-12,26H,2-3,7,9-10,13H2,1H3,(H,27,28). The van der Waals surface area contributed by atoms with E-state index in [4.69, 9.17) is 14.3 Å². The Labute approximate surface area is 208 Å². The molecule has 2 N–H and O–H groups in total. The average Bonchev–Trinajstić information content (AvgIpc) is 3.11. The number of hydrogen-bond donors (Lipinski definition) is 2. The first kappa shape index (κ1) is 24.0. The summed E-state index contributed by atoms with van der Waals surface area (Å²) in [4.78, 5) is 24.1. The molecule has 0 aliphatic rings. The Bertz CT molecular complexity index is 1070. The van der Waals surface area contributed by atoms with Crippen molar-refractivity contribution in [3.63, 3.8) is 0 Å². The molecule has 0 bridgehead atoms. The Kier molecular flexibility index (Phi) is 8.73. The first-order valence-corrected chi connectivity index (χ1v) is 12.2. The van der Waals surface area contributed by atoms with Gasteiger partial charge in [-0.3, -0.25) is 9.59 Å². The molecule has 1 heterocycles. The minimum Gasteiger partial charge on any atom is -0.490 e. The number of nitrogens with one attached hydrogen (secondary N) is 1. The molecule has 0 atom stereocenters. The number of carbonyl (C=O) groups is 2. The van der Waals surface area contributed by atoms with Crippen LogP contribution in [0.3, 0.4) is 0 Å². The van der Waals surface area contributed by atoms with Gasteiger partial charge in [-0.15, -0.1) is 0 Å². The van der Waals surface area contributed by atoms with Gasteiger partial charge in [-0.1, -0.05) is 31.5 Å². The van der Waals surface area contributed by atoms with Crippen LogP contribution in [0.25, 0.3) is 11.0 Å². The average molecular weight is 647 g/mol. The van der Waals surface area contributed by atoms with E-state index in [1.54, 1.807) is 0 Å². The molecule has 0 radical (unpaired) electrons. The maximum atomic E-state index is 13.5. The summed E-state index contributed by atoms with van der Waals surface area (Å²) in [7, 11) is 0. The van der Waals surface area contributed by atoms with E-state index in [0.29, 0.717) is 30.0 Å². The van der Waals surface area contributed by atoms with Crippen molar-refractivity contribution in [1.29, 1.82) is 0 Å². The minimum atomic E-state index is -0.905. The van der Waals surface area contributed by atoms with E-state index in [0.717, 1.165) is 43.1 Å². The van der Waals surface area contributed by atoms with Gasteiger partial charge in [0, 0.05) is 23.9 Å². The molecule has 0 aliphatic carbocycles. The molecular weight excluding hydrogens is 624 g/mol. The molecule has 3 rings (SSSR count). The minimum absolute atomic E-state index is 0.0541. The predicted octanol–water partition coefficient (Wildman–Crippen LogP) is 5.27. The zero-order chi connectivity index (χ0) is 22.4. The Morgan fingerprint density at radius 3 is 2.55 bits per heavy atom. The fraction of sp³-hybridized carbons (Fsp3) is 0.304. The number of carboxylic acid groups (broad SMARTS) is 1. The smallest absolute Gasteiger partial charge is 0.317 e. The summed E-state index contributed by atoms with van der Waals surface area (Å²) in [5.74, 6) is 0.472. The van der Waals surface area contributed by atoms with E-state index in [-0.39, 0.29) is 12.3 Å². The molecule has 0 unspecified atom stereocenters. The van der Waals surface area contributed by atoms with Gasteiger partial charge in [0.15, 0.2) is 5.78 Å². The largest absolute Gasteiger partial charge is 0.490 e. The second-order valence-corrected chi connectivity index (χ2v) is 9.34. The highest BCUT2D eigenvalue weighted by Gasteiger charge is 2.23. The number of carbonyl (C=O) groups excluding carboxylic acids is 1. The van der Waals surface area contributed by atoms with Crippen LogP contribution < -0.4 is 10.1 Å². The first-order valence-electron chi connectivity index (χ1n) is 10.0. The first-order chi connectivity index (χ1) is 14.9. The van der Waals surface area contributed by atoms with Gasteiger partial charge >= 0.3 is 5.97 Å². The molecule has 0 saturated carbocycles. The molecule has 0 spiro atoms. The lowest BCUT2D eigenvalue weighted by Gasteiger charge is -2.12. The second kappa shape index (κ2) is 11.3. The molecule has 0 saturated heterocycles. The van der Waals surface area contributed by atoms with Gasteiger partial charge in [0.1, 0.15) is 23.7 Å². The third kappa shape index (κ3) is 5.98. The number of ketones is 1. The number of aryl methyl sites for hydroxylation is 1. The van der Waals surface area contributed by atoms with Crippen LogP contribution in [0.2, 0.25) is 0 Å². The monoisotopic (exact) mass is 647 g/mol. The topological polar surface area (TPSA) is 88.8 Å². The van der Waals surface area contributed by atoms with Gasteiger partial charge in [0.25, 0.3) is 0 Å². The number of carboxylic acids is 1. The predicted molar refractivity (Wildman–Crippen MR) is 136 cm³/mol. The van der Waals surface area contributed by atoms with Crippen LogP contribution >= 0.6 is 45.2 Å². The molecule has 3 aromatic rings. The highest BCUT2D eigenvalue weighted by Crippen LogP contribution is 2.33. The van der Waals surface area contributed by atoms with Crippen LogP contribution in [-0.4, -0.2) is 36.6 Å². The quantitative estimate of drug-likeness (QED) is 0.168. The van der Waals surface area contributed by atoms with Crippen LogP contribution in [0.15, 0.2) is 40.8 Å². The van der Waals surface area contributed by atoms with Crippen LogP contribution in [0.5, 0.6) is 5.75 Å². The van der Waals surface area contributed by atoms with Gasteiger partial charge in [-0.05, 0) is 69.8 Å². The third-order valence-corrected chi connectivity index (χ3v) is 6.32. The number of halogens is 2. The fourth-order valence-corrected chi connectivity index (χ4v) is 5.33. The van der Waals surface area contributed by atoms with Gasteiger partial charge in [-0.2, -0.15) is 0 Å². The highest BCUT2D eigenvalue weighted by atomic mass is 127. The Morgan fingerprint density at radius 1 is 1.16 bits per heavy atom. The van der Waals surface area contributed by atoms with Crippen molar-refractivity contribution in [2.45, 2.75) is 26.2 Å². The molecule has 8 heteroatoms. The van der Waals surface area contributed by atoms with E-state index in [1.807, 2.05) is 36.4 Å². The van der Waals surface area contributed by atoms with Crippen molar-refractivity contribution < 1.29 is 23.8 Å². The SMILES string of the molecule is CCCCc1oc2ccccc2c1C(=O)c1cc(I)c(OCCNCC(=O)O)c(I)c1. The number of ether oxygens (including phenoxy) is 1. The van der Waals surface area contributed by atoms with Crippen molar-refractivity contribution in [2.24, 2.45) is 0 Å². The number of benzene rings is 2. The number of para-hydroxylation sites is 1. The molecule has 0 fully saturated rings. The number of hydrogen-bond acceptors (Lipinski definition) is 5. The van der Waals surface area contributed by atoms with Crippen LogP contribution in [0.1, 0.15) is 41.4 Å². The molecule has 2 aromatic carbocycles. The van der Waals surface area contributed by atoms with Crippen molar-refractivity contribution in [3.8, 4) is 5.75 Å². The van der Waals surface area contributed by atoms with Gasteiger partial charge in [0.2, 0.25) is 0 Å². The summed E-state index contributed by atoms with van der Waals surface area (Å²) >= 11 is 4.33. The van der Waals surface area contributed by atoms with E-state index >= 15 is 0 Å². The van der Waals surface area contributed by atoms with Gasteiger partial charge in [0.05, 0.1) is 19.2 Å². The number of furan rings is 1. The number of fused-ring (bicyclic) bond motifs is 1. The fourth-order valence-electron chi connectivity index (χ4n) is 3.25. The zero-order valence-corrected chi connectivity index (χ0v) is 21.4. The summed E-state index contributed by atoms with van der Waals surface area (Å²) in [6, 6.07) is 11.3. The lowest BCUT2D eigenvalue weighted by atomic mass is 9.98. The summed E-state index contributed by atoms with van der Waals surface area (Å²) in [5, 5.41) is 12.3. The maximum Gasteiger partial charge on any atom is 0.317 e. The maximum absolute atomic E-state index is 13.5. The summed E-state index contributed by atoms with van der Waals surface area (Å²) < 4.78 is 13.5. The number of aliphatic carboxylic acids is 1. The van der Waals surface area contributed by atoms with Crippen LogP contribution in [0, 0.1) is 7.14 Å². The molecular formula is C23H23I2NO5. The van der Waals surface area contributed by atoms with E-state index in [9.17, 15) is 9.59 Å². The molecule has 6 nitrogen and oxygen atoms in total. The molecule has 0 aliphatic heterocycles. The third-order valence-electron chi connectivity index (χ3n) is 4.71. The number of rotatable bonds is 11. The second-order valence-electron chi connectivity index (χ2n) is 7.02. The molecule has 31 heavy (non-hydrogen) atoms. The lowest BCUT2D eigenvalue weighted by Crippen LogP contribution is -2.27. The Hall–Kier alpha value is -1.66. The number of unbranched alkanes of at least 4 members (excludes halogenated alkanes) is 1. The summed E-state index contributed by atoms with van der Waals surface area (Å²) in [6.07, 6.45) is 2.71. The van der Waals surface area contributed by atoms with Crippen molar-refractivity contribution >= 4 is 67.9 Å². The highest BCUT2D eigenvalue weighted by molar-refractivity contribution is 14.1. The van der Waals surface area contributed by atoms with E-state index < -0.39 is 5.97 Å². The van der Waals surface area contributed by atoms with Crippen molar-refractivity contribution in [3.05, 3.63) is 60.4 Å². The normalized spacial score (nSPS) is 11.1. The van der Waals surface area contributed by atoms with E-state index in [2.05, 4.69) is 57.4 Å². The lowest BCUT2D eigenvalue weighted by molar-refractivity contribution is -0.135. The Morgan fingerprint density at radius 2 is 1.87 bits per heavy atom. The molecule has 1 aromatic heterocycles. The summed E-state index contributed by atoms with van der Waals surface area (Å²) in [5.41, 5.74) is 1.96. The van der Waals surface area contributed by atoms with Crippen molar-refractivity contribution in [2.75, 3.05) is 19.7 Å². The van der Waals surface area contributed by atoms with Gasteiger partial charge in [-0.25, -0.2) is 0 Å². The molecule has 164 valence electrons. The van der Waals surface area contributed by atoms with E-state index in [1.165, 1.54) is 0 Å². The van der Waals surface area contributed by atoms with Crippen LogP contribution in [0.4, 0.5) is 0 Å². The van der Waals surface area contributed by atoms with Crippen LogP contribution in [-0.2, 0) is 11.2 Å². The molecule has 0 amide bonds. The van der Waals surface area contributed by atoms with Gasteiger partial charge < -0.3 is 19.6 Å². The zero-order valence-electron chi connectivity index (χ0n) is 17.0. The Balaban J connectivity index is 1.85. The summed E-state index contributed by atoms with van der Waals surface area (Å²) in [6.45, 7) is 2.76.